The Morgan fingerprint density at radius 3 is 2.55 bits per heavy atom. The molecule has 1 heterocycles. The number of nitrogens with zero attached hydrogens (tertiary/aromatic N) is 1. The van der Waals surface area contributed by atoms with Gasteiger partial charge in [0.2, 0.25) is 0 Å². The maximum atomic E-state index is 5.87. The van der Waals surface area contributed by atoms with Gasteiger partial charge < -0.3 is 4.74 Å². The van der Waals surface area contributed by atoms with Gasteiger partial charge in [0.05, 0.1) is 5.69 Å². The molecule has 108 valence electrons. The number of aromatic nitrogens is 1. The van der Waals surface area contributed by atoms with Gasteiger partial charge in [-0.3, -0.25) is 4.98 Å². The molecule has 0 spiro atoms. The Bertz CT molecular complexity index is 748. The molecule has 3 aromatic rings. The smallest absolute Gasteiger partial charge is 0.120 e. The second-order valence-electron chi connectivity index (χ2n) is 4.98. The van der Waals surface area contributed by atoms with Gasteiger partial charge in [0.25, 0.3) is 0 Å². The van der Waals surface area contributed by atoms with Crippen molar-refractivity contribution in [2.24, 2.45) is 0 Å². The molecule has 1 aromatic heterocycles. The van der Waals surface area contributed by atoms with Crippen LogP contribution in [0.1, 0.15) is 11.1 Å². The highest BCUT2D eigenvalue weighted by Gasteiger charge is 2.01. The van der Waals surface area contributed by atoms with Crippen LogP contribution in [0.3, 0.4) is 0 Å². The SMILES string of the molecule is C=Cc1ccc(COc2cccc(-c3ccccn3)c2)cc1. The van der Waals surface area contributed by atoms with Crippen LogP contribution in [0.15, 0.2) is 79.5 Å². The van der Waals surface area contributed by atoms with Gasteiger partial charge in [-0.25, -0.2) is 0 Å². The molecule has 0 N–H and O–H groups in total. The summed E-state index contributed by atoms with van der Waals surface area (Å²) in [6.07, 6.45) is 3.63. The topological polar surface area (TPSA) is 22.1 Å². The van der Waals surface area contributed by atoms with Crippen molar-refractivity contribution in [3.05, 3.63) is 90.6 Å². The van der Waals surface area contributed by atoms with E-state index in [0.717, 1.165) is 28.1 Å². The highest BCUT2D eigenvalue weighted by Crippen LogP contribution is 2.22. The molecule has 2 aromatic carbocycles. The van der Waals surface area contributed by atoms with Crippen LogP contribution in [-0.4, -0.2) is 4.98 Å². The van der Waals surface area contributed by atoms with E-state index in [1.807, 2.05) is 60.7 Å². The molecule has 0 bridgehead atoms. The predicted octanol–water partition coefficient (Wildman–Crippen LogP) is 4.97. The van der Waals surface area contributed by atoms with Crippen LogP contribution in [0.4, 0.5) is 0 Å². The Balaban J connectivity index is 1.71. The first-order chi connectivity index (χ1) is 10.8. The van der Waals surface area contributed by atoms with Gasteiger partial charge in [0, 0.05) is 11.8 Å². The zero-order chi connectivity index (χ0) is 15.2. The lowest BCUT2D eigenvalue weighted by atomic mass is 10.1. The summed E-state index contributed by atoms with van der Waals surface area (Å²) < 4.78 is 5.87. The Morgan fingerprint density at radius 1 is 0.955 bits per heavy atom. The van der Waals surface area contributed by atoms with Crippen LogP contribution in [-0.2, 0) is 6.61 Å². The molecular formula is C20H17NO. The third-order valence-corrected chi connectivity index (χ3v) is 3.42. The first kappa shape index (κ1) is 14.1. The molecule has 0 fully saturated rings. The summed E-state index contributed by atoms with van der Waals surface area (Å²) in [5.41, 5.74) is 4.25. The summed E-state index contributed by atoms with van der Waals surface area (Å²) in [7, 11) is 0. The normalized spacial score (nSPS) is 10.2. The van der Waals surface area contributed by atoms with Crippen molar-refractivity contribution in [3.63, 3.8) is 0 Å². The molecule has 2 nitrogen and oxygen atoms in total. The van der Waals surface area contributed by atoms with E-state index in [2.05, 4.69) is 23.7 Å². The molecule has 3 rings (SSSR count). The molecule has 0 unspecified atom stereocenters. The van der Waals surface area contributed by atoms with Crippen molar-refractivity contribution in [3.8, 4) is 17.0 Å². The molecule has 0 aliphatic heterocycles. The van der Waals surface area contributed by atoms with Crippen LogP contribution in [0.5, 0.6) is 5.75 Å². The van der Waals surface area contributed by atoms with Gasteiger partial charge in [0.1, 0.15) is 12.4 Å². The number of hydrogen-bond donors (Lipinski definition) is 0. The fourth-order valence-electron chi connectivity index (χ4n) is 2.20. The summed E-state index contributed by atoms with van der Waals surface area (Å²) in [6, 6.07) is 22.1. The highest BCUT2D eigenvalue weighted by atomic mass is 16.5. The lowest BCUT2D eigenvalue weighted by Crippen LogP contribution is -1.95. The molecule has 22 heavy (non-hydrogen) atoms. The lowest BCUT2D eigenvalue weighted by molar-refractivity contribution is 0.306. The third-order valence-electron chi connectivity index (χ3n) is 3.42. The van der Waals surface area contributed by atoms with Gasteiger partial charge >= 0.3 is 0 Å². The first-order valence-electron chi connectivity index (χ1n) is 7.21. The zero-order valence-corrected chi connectivity index (χ0v) is 12.3. The van der Waals surface area contributed by atoms with E-state index in [-0.39, 0.29) is 0 Å². The van der Waals surface area contributed by atoms with Crippen LogP contribution >= 0.6 is 0 Å². The summed E-state index contributed by atoms with van der Waals surface area (Å²) in [6.45, 7) is 4.30. The Kier molecular flexibility index (Phi) is 4.30. The molecule has 0 radical (unpaired) electrons. The minimum Gasteiger partial charge on any atom is -0.489 e. The van der Waals surface area contributed by atoms with Gasteiger partial charge in [-0.15, -0.1) is 0 Å². The quantitative estimate of drug-likeness (QED) is 0.661. The van der Waals surface area contributed by atoms with Crippen LogP contribution in [0, 0.1) is 0 Å². The second-order valence-corrected chi connectivity index (χ2v) is 4.98. The van der Waals surface area contributed by atoms with Gasteiger partial charge in [-0.05, 0) is 35.4 Å². The first-order valence-corrected chi connectivity index (χ1v) is 7.21. The molecule has 0 aliphatic rings. The summed E-state index contributed by atoms with van der Waals surface area (Å²) >= 11 is 0. The number of benzene rings is 2. The number of pyridine rings is 1. The molecule has 0 saturated carbocycles. The minimum atomic E-state index is 0.545. The van der Waals surface area contributed by atoms with Crippen LogP contribution < -0.4 is 4.74 Å². The molecule has 0 atom stereocenters. The fourth-order valence-corrected chi connectivity index (χ4v) is 2.20. The Morgan fingerprint density at radius 2 is 1.82 bits per heavy atom. The van der Waals surface area contributed by atoms with Crippen molar-refractivity contribution in [2.75, 3.05) is 0 Å². The molecular weight excluding hydrogens is 270 g/mol. The van der Waals surface area contributed by atoms with E-state index in [4.69, 9.17) is 4.74 Å². The maximum Gasteiger partial charge on any atom is 0.120 e. The number of rotatable bonds is 5. The van der Waals surface area contributed by atoms with Crippen molar-refractivity contribution in [1.29, 1.82) is 0 Å². The monoisotopic (exact) mass is 287 g/mol. The molecule has 0 amide bonds. The predicted molar refractivity (Wildman–Crippen MR) is 90.5 cm³/mol. The Hall–Kier alpha value is -2.87. The largest absolute Gasteiger partial charge is 0.489 e. The van der Waals surface area contributed by atoms with Crippen LogP contribution in [0.25, 0.3) is 17.3 Å². The molecule has 0 saturated heterocycles. The maximum absolute atomic E-state index is 5.87. The average molecular weight is 287 g/mol. The van der Waals surface area contributed by atoms with Crippen molar-refractivity contribution in [1.82, 2.24) is 4.98 Å². The average Bonchev–Trinajstić information content (AvgIpc) is 2.61. The minimum absolute atomic E-state index is 0.545. The lowest BCUT2D eigenvalue weighted by Gasteiger charge is -2.08. The highest BCUT2D eigenvalue weighted by molar-refractivity contribution is 5.60. The third kappa shape index (κ3) is 3.41. The fraction of sp³-hybridized carbons (Fsp3) is 0.0500. The van der Waals surface area contributed by atoms with E-state index in [1.165, 1.54) is 0 Å². The van der Waals surface area contributed by atoms with E-state index in [0.29, 0.717) is 6.61 Å². The van der Waals surface area contributed by atoms with Gasteiger partial charge in [-0.1, -0.05) is 55.1 Å². The van der Waals surface area contributed by atoms with Gasteiger partial charge in [0.15, 0.2) is 0 Å². The van der Waals surface area contributed by atoms with E-state index < -0.39 is 0 Å². The summed E-state index contributed by atoms with van der Waals surface area (Å²) in [4.78, 5) is 4.36. The van der Waals surface area contributed by atoms with E-state index >= 15 is 0 Å². The zero-order valence-electron chi connectivity index (χ0n) is 12.3. The number of ether oxygens (including phenoxy) is 1. The Labute approximate surface area is 130 Å². The number of hydrogen-bond acceptors (Lipinski definition) is 2. The summed E-state index contributed by atoms with van der Waals surface area (Å²) in [5.74, 6) is 0.843. The van der Waals surface area contributed by atoms with Crippen molar-refractivity contribution >= 4 is 6.08 Å². The van der Waals surface area contributed by atoms with Crippen molar-refractivity contribution in [2.45, 2.75) is 6.61 Å². The molecule has 2 heteroatoms. The standard InChI is InChI=1S/C20H17NO/c1-2-16-9-11-17(12-10-16)15-22-19-7-5-6-18(14-19)20-8-3-4-13-21-20/h2-14H,1,15H2. The van der Waals surface area contributed by atoms with E-state index in [9.17, 15) is 0 Å². The molecule has 0 aliphatic carbocycles. The van der Waals surface area contributed by atoms with E-state index in [1.54, 1.807) is 6.20 Å². The summed E-state index contributed by atoms with van der Waals surface area (Å²) in [5, 5.41) is 0. The van der Waals surface area contributed by atoms with Gasteiger partial charge in [-0.2, -0.15) is 0 Å². The second kappa shape index (κ2) is 6.72. The van der Waals surface area contributed by atoms with Crippen molar-refractivity contribution < 1.29 is 4.74 Å². The van der Waals surface area contributed by atoms with Crippen LogP contribution in [0.2, 0.25) is 0 Å².